The molecule has 5 N–H and O–H groups in total. The molecule has 0 aliphatic carbocycles. The Balaban J connectivity index is 2.87. The third-order valence-corrected chi connectivity index (χ3v) is 2.10. The molecule has 17 heavy (non-hydrogen) atoms. The van der Waals surface area contributed by atoms with E-state index in [4.69, 9.17) is 10.8 Å². The van der Waals surface area contributed by atoms with E-state index in [1.165, 1.54) is 6.07 Å². The van der Waals surface area contributed by atoms with E-state index in [9.17, 15) is 10.1 Å². The molecular formula is C10H16N4O3. The second-order valence-electron chi connectivity index (χ2n) is 3.35. The molecule has 0 bridgehead atoms. The van der Waals surface area contributed by atoms with E-state index in [1.54, 1.807) is 12.1 Å². The first kappa shape index (κ1) is 13.2. The van der Waals surface area contributed by atoms with Crippen LogP contribution in [0.2, 0.25) is 0 Å². The summed E-state index contributed by atoms with van der Waals surface area (Å²) in [5.74, 6) is 0. The van der Waals surface area contributed by atoms with Crippen molar-refractivity contribution >= 4 is 17.1 Å². The Morgan fingerprint density at radius 3 is 2.71 bits per heavy atom. The molecule has 7 nitrogen and oxygen atoms in total. The van der Waals surface area contributed by atoms with Crippen molar-refractivity contribution in [2.24, 2.45) is 5.73 Å². The van der Waals surface area contributed by atoms with E-state index in [2.05, 4.69) is 10.6 Å². The summed E-state index contributed by atoms with van der Waals surface area (Å²) in [7, 11) is 0. The van der Waals surface area contributed by atoms with Crippen LogP contribution in [-0.4, -0.2) is 36.3 Å². The van der Waals surface area contributed by atoms with Gasteiger partial charge in [0.15, 0.2) is 0 Å². The second kappa shape index (κ2) is 6.66. The van der Waals surface area contributed by atoms with E-state index in [1.807, 2.05) is 0 Å². The van der Waals surface area contributed by atoms with Crippen LogP contribution in [0.5, 0.6) is 0 Å². The van der Waals surface area contributed by atoms with Crippen LogP contribution in [0.1, 0.15) is 0 Å². The van der Waals surface area contributed by atoms with Gasteiger partial charge in [-0.25, -0.2) is 0 Å². The van der Waals surface area contributed by atoms with Gasteiger partial charge in [0.2, 0.25) is 0 Å². The second-order valence-corrected chi connectivity index (χ2v) is 3.35. The highest BCUT2D eigenvalue weighted by atomic mass is 16.6. The first-order valence-electron chi connectivity index (χ1n) is 5.26. The summed E-state index contributed by atoms with van der Waals surface area (Å²) in [5.41, 5.74) is 6.35. The average molecular weight is 240 g/mol. The minimum Gasteiger partial charge on any atom is -0.395 e. The molecule has 0 aliphatic rings. The summed E-state index contributed by atoms with van der Waals surface area (Å²) in [6.07, 6.45) is 0. The van der Waals surface area contributed by atoms with Gasteiger partial charge in [-0.3, -0.25) is 10.1 Å². The van der Waals surface area contributed by atoms with Gasteiger partial charge in [-0.15, -0.1) is 0 Å². The highest BCUT2D eigenvalue weighted by Crippen LogP contribution is 2.27. The molecule has 0 amide bonds. The first-order chi connectivity index (χ1) is 8.19. The number of hydrogen-bond acceptors (Lipinski definition) is 6. The Kier molecular flexibility index (Phi) is 5.18. The van der Waals surface area contributed by atoms with E-state index in [0.717, 1.165) is 0 Å². The van der Waals surface area contributed by atoms with Crippen molar-refractivity contribution in [3.8, 4) is 0 Å². The molecular weight excluding hydrogens is 224 g/mol. The molecule has 0 fully saturated rings. The Bertz CT molecular complexity index is 384. The van der Waals surface area contributed by atoms with Crippen LogP contribution in [0, 0.1) is 10.1 Å². The lowest BCUT2D eigenvalue weighted by molar-refractivity contribution is -0.383. The number of nitrogens with zero attached hydrogens (tertiary/aromatic N) is 1. The van der Waals surface area contributed by atoms with Gasteiger partial charge in [-0.2, -0.15) is 0 Å². The summed E-state index contributed by atoms with van der Waals surface area (Å²) in [5, 5.41) is 25.3. The van der Waals surface area contributed by atoms with Crippen molar-refractivity contribution in [2.45, 2.75) is 0 Å². The quantitative estimate of drug-likeness (QED) is 0.404. The number of aliphatic hydroxyl groups excluding tert-OH is 1. The van der Waals surface area contributed by atoms with Crippen LogP contribution in [0.15, 0.2) is 18.2 Å². The van der Waals surface area contributed by atoms with Gasteiger partial charge in [0.05, 0.1) is 11.5 Å². The molecule has 0 unspecified atom stereocenters. The summed E-state index contributed by atoms with van der Waals surface area (Å²) in [6.45, 7) is 1.21. The predicted molar refractivity (Wildman–Crippen MR) is 66.2 cm³/mol. The number of anilines is 2. The van der Waals surface area contributed by atoms with E-state index < -0.39 is 4.92 Å². The standard InChI is InChI=1S/C10H16N4O3/c11-3-4-13-9-2-1-8(12-5-6-15)7-10(9)14(16)17/h1-2,7,12-13,15H,3-6,11H2. The number of benzene rings is 1. The zero-order valence-corrected chi connectivity index (χ0v) is 9.35. The molecule has 0 saturated heterocycles. The molecule has 0 heterocycles. The van der Waals surface area contributed by atoms with Crippen molar-refractivity contribution in [1.82, 2.24) is 0 Å². The zero-order valence-electron chi connectivity index (χ0n) is 9.35. The molecule has 0 saturated carbocycles. The lowest BCUT2D eigenvalue weighted by Gasteiger charge is -2.08. The van der Waals surface area contributed by atoms with Gasteiger partial charge in [0.1, 0.15) is 5.69 Å². The Morgan fingerprint density at radius 2 is 2.12 bits per heavy atom. The van der Waals surface area contributed by atoms with Crippen molar-refractivity contribution in [3.63, 3.8) is 0 Å². The van der Waals surface area contributed by atoms with Crippen LogP contribution in [-0.2, 0) is 0 Å². The maximum atomic E-state index is 10.9. The Morgan fingerprint density at radius 1 is 1.35 bits per heavy atom. The lowest BCUT2D eigenvalue weighted by atomic mass is 10.2. The van der Waals surface area contributed by atoms with Gasteiger partial charge in [0.25, 0.3) is 5.69 Å². The van der Waals surface area contributed by atoms with Gasteiger partial charge in [-0.05, 0) is 12.1 Å². The fourth-order valence-electron chi connectivity index (χ4n) is 1.35. The predicted octanol–water partition coefficient (Wildman–Crippen LogP) is 0.370. The number of nitrogens with two attached hydrogens (primary N) is 1. The van der Waals surface area contributed by atoms with Crippen LogP contribution >= 0.6 is 0 Å². The fraction of sp³-hybridized carbons (Fsp3) is 0.400. The van der Waals surface area contributed by atoms with E-state index in [0.29, 0.717) is 31.0 Å². The maximum absolute atomic E-state index is 10.9. The van der Waals surface area contributed by atoms with Crippen LogP contribution in [0.4, 0.5) is 17.1 Å². The molecule has 0 aromatic heterocycles. The molecule has 0 aliphatic heterocycles. The lowest BCUT2D eigenvalue weighted by Crippen LogP contribution is -2.14. The third-order valence-electron chi connectivity index (χ3n) is 2.10. The molecule has 1 aromatic rings. The topological polar surface area (TPSA) is 113 Å². The molecule has 0 atom stereocenters. The molecule has 94 valence electrons. The molecule has 0 radical (unpaired) electrons. The SMILES string of the molecule is NCCNc1ccc(NCCO)cc1[N+](=O)[O-]. The highest BCUT2D eigenvalue weighted by Gasteiger charge is 2.13. The normalized spacial score (nSPS) is 10.0. The van der Waals surface area contributed by atoms with Gasteiger partial charge >= 0.3 is 0 Å². The van der Waals surface area contributed by atoms with Crippen LogP contribution in [0.3, 0.4) is 0 Å². The van der Waals surface area contributed by atoms with Crippen molar-refractivity contribution < 1.29 is 10.0 Å². The van der Waals surface area contributed by atoms with Crippen LogP contribution < -0.4 is 16.4 Å². The largest absolute Gasteiger partial charge is 0.395 e. The summed E-state index contributed by atoms with van der Waals surface area (Å²) in [6, 6.07) is 4.75. The summed E-state index contributed by atoms with van der Waals surface area (Å²) < 4.78 is 0. The number of hydrogen-bond donors (Lipinski definition) is 4. The minimum atomic E-state index is -0.455. The number of nitro benzene ring substituents is 1. The number of rotatable bonds is 7. The molecule has 1 rings (SSSR count). The maximum Gasteiger partial charge on any atom is 0.294 e. The average Bonchev–Trinajstić information content (AvgIpc) is 2.34. The Hall–Kier alpha value is -1.86. The zero-order chi connectivity index (χ0) is 12.7. The van der Waals surface area contributed by atoms with Crippen LogP contribution in [0.25, 0.3) is 0 Å². The van der Waals surface area contributed by atoms with Crippen molar-refractivity contribution in [2.75, 3.05) is 36.9 Å². The third kappa shape index (κ3) is 3.89. The van der Waals surface area contributed by atoms with Crippen molar-refractivity contribution in [1.29, 1.82) is 0 Å². The van der Waals surface area contributed by atoms with E-state index in [-0.39, 0.29) is 12.3 Å². The minimum absolute atomic E-state index is 0.0126. The number of aliphatic hydroxyl groups is 1. The Labute approximate surface area is 98.8 Å². The summed E-state index contributed by atoms with van der Waals surface area (Å²) >= 11 is 0. The van der Waals surface area contributed by atoms with Gasteiger partial charge < -0.3 is 21.5 Å². The van der Waals surface area contributed by atoms with Gasteiger partial charge in [0, 0.05) is 31.4 Å². The number of nitrogens with one attached hydrogen (secondary N) is 2. The summed E-state index contributed by atoms with van der Waals surface area (Å²) in [4.78, 5) is 10.4. The molecule has 7 heteroatoms. The number of nitro groups is 1. The van der Waals surface area contributed by atoms with E-state index >= 15 is 0 Å². The first-order valence-corrected chi connectivity index (χ1v) is 5.26. The van der Waals surface area contributed by atoms with Gasteiger partial charge in [-0.1, -0.05) is 0 Å². The fourth-order valence-corrected chi connectivity index (χ4v) is 1.35. The highest BCUT2D eigenvalue weighted by molar-refractivity contribution is 5.67. The smallest absolute Gasteiger partial charge is 0.294 e. The monoisotopic (exact) mass is 240 g/mol. The molecule has 1 aromatic carbocycles. The molecule has 0 spiro atoms. The van der Waals surface area contributed by atoms with Crippen molar-refractivity contribution in [3.05, 3.63) is 28.3 Å².